The van der Waals surface area contributed by atoms with Crippen LogP contribution in [0.1, 0.15) is 50.4 Å². The zero-order valence-corrected chi connectivity index (χ0v) is 18.0. The molecule has 1 atom stereocenters. The number of carboxylic acid groups (broad SMARTS) is 1. The van der Waals surface area contributed by atoms with Crippen molar-refractivity contribution in [3.05, 3.63) is 29.8 Å². The van der Waals surface area contributed by atoms with Gasteiger partial charge in [-0.1, -0.05) is 26.8 Å². The minimum atomic E-state index is -1.35. The number of hydrogen-bond acceptors (Lipinski definition) is 6. The number of rotatable bonds is 4. The van der Waals surface area contributed by atoms with E-state index in [1.54, 1.807) is 29.2 Å². The number of likely N-dealkylation sites (tertiary alicyclic amines) is 1. The second-order valence-corrected chi connectivity index (χ2v) is 9.12. The van der Waals surface area contributed by atoms with Crippen LogP contribution in [0.2, 0.25) is 0 Å². The van der Waals surface area contributed by atoms with Gasteiger partial charge in [-0.3, -0.25) is 14.5 Å². The zero-order valence-electron chi connectivity index (χ0n) is 18.0. The van der Waals surface area contributed by atoms with Crippen LogP contribution in [-0.2, 0) is 14.3 Å². The number of aliphatic carboxylic acids is 1. The predicted molar refractivity (Wildman–Crippen MR) is 107 cm³/mol. The number of amides is 2. The number of ether oxygens (including phenoxy) is 2. The van der Waals surface area contributed by atoms with Gasteiger partial charge < -0.3 is 24.3 Å². The Morgan fingerprint density at radius 2 is 1.90 bits per heavy atom. The van der Waals surface area contributed by atoms with Gasteiger partial charge in [-0.2, -0.15) is 0 Å². The first-order valence-electron chi connectivity index (χ1n) is 10.2. The van der Waals surface area contributed by atoms with E-state index < -0.39 is 23.6 Å². The molecule has 164 valence electrons. The summed E-state index contributed by atoms with van der Waals surface area (Å²) in [5.41, 5.74) is -0.870. The normalized spacial score (nSPS) is 21.0. The average molecular weight is 417 g/mol. The highest BCUT2D eigenvalue weighted by atomic mass is 16.5. The molecule has 0 saturated carbocycles. The van der Waals surface area contributed by atoms with Crippen LogP contribution in [0.5, 0.6) is 5.75 Å². The van der Waals surface area contributed by atoms with E-state index in [0.717, 1.165) is 0 Å². The van der Waals surface area contributed by atoms with E-state index in [4.69, 9.17) is 9.47 Å². The number of nitrogens with zero attached hydrogens (tertiary/aromatic N) is 2. The SMILES string of the molecule is COc1cccc(C(=O)N2[C@@H](C(=O)[O-])COC23CCN(C(=O)CC(C)(C)C)CC3)c1. The molecule has 0 unspecified atom stereocenters. The van der Waals surface area contributed by atoms with Crippen LogP contribution in [0.15, 0.2) is 24.3 Å². The number of carbonyl (C=O) groups is 3. The lowest BCUT2D eigenvalue weighted by Gasteiger charge is -2.45. The number of carboxylic acids is 1. The third kappa shape index (κ3) is 4.43. The Balaban J connectivity index is 1.82. The molecule has 3 rings (SSSR count). The Morgan fingerprint density at radius 1 is 1.23 bits per heavy atom. The van der Waals surface area contributed by atoms with E-state index in [9.17, 15) is 19.5 Å². The summed E-state index contributed by atoms with van der Waals surface area (Å²) in [6, 6.07) is 5.40. The fourth-order valence-electron chi connectivity index (χ4n) is 4.11. The molecule has 0 aromatic heterocycles. The van der Waals surface area contributed by atoms with Crippen molar-refractivity contribution >= 4 is 17.8 Å². The van der Waals surface area contributed by atoms with Crippen LogP contribution >= 0.6 is 0 Å². The van der Waals surface area contributed by atoms with E-state index in [-0.39, 0.29) is 17.9 Å². The van der Waals surface area contributed by atoms with Gasteiger partial charge in [0, 0.05) is 37.9 Å². The van der Waals surface area contributed by atoms with Gasteiger partial charge >= 0.3 is 0 Å². The largest absolute Gasteiger partial charge is 0.548 e. The van der Waals surface area contributed by atoms with Crippen LogP contribution < -0.4 is 9.84 Å². The van der Waals surface area contributed by atoms with Gasteiger partial charge in [0.15, 0.2) is 0 Å². The van der Waals surface area contributed by atoms with E-state index >= 15 is 0 Å². The predicted octanol–water partition coefficient (Wildman–Crippen LogP) is 1.04. The summed E-state index contributed by atoms with van der Waals surface area (Å²) in [6.07, 6.45) is 1.12. The molecule has 0 aliphatic carbocycles. The Labute approximate surface area is 176 Å². The van der Waals surface area contributed by atoms with Crippen molar-refractivity contribution in [1.29, 1.82) is 0 Å². The number of hydrogen-bond donors (Lipinski definition) is 0. The molecule has 2 aliphatic rings. The molecule has 8 heteroatoms. The van der Waals surface area contributed by atoms with E-state index in [1.165, 1.54) is 12.0 Å². The van der Waals surface area contributed by atoms with Crippen molar-refractivity contribution < 1.29 is 29.0 Å². The molecule has 2 saturated heterocycles. The zero-order chi connectivity index (χ0) is 22.1. The van der Waals surface area contributed by atoms with E-state index in [1.807, 2.05) is 20.8 Å². The summed E-state index contributed by atoms with van der Waals surface area (Å²) in [4.78, 5) is 40.7. The Kier molecular flexibility index (Phi) is 6.08. The van der Waals surface area contributed by atoms with Gasteiger partial charge in [0.1, 0.15) is 11.5 Å². The standard InChI is InChI=1S/C22H30N2O6/c1-21(2,3)13-18(25)23-10-8-22(9-11-23)24(17(14-30-22)20(27)28)19(26)15-6-5-7-16(12-15)29-4/h5-7,12,17H,8-11,13-14H2,1-4H3,(H,27,28)/p-1/t17-/m1/s1. The summed E-state index contributed by atoms with van der Waals surface area (Å²) in [5.74, 6) is -1.25. The Bertz CT molecular complexity index is 823. The molecular formula is C22H29N2O6-. The first-order chi connectivity index (χ1) is 14.1. The molecule has 2 aliphatic heterocycles. The smallest absolute Gasteiger partial charge is 0.256 e. The molecule has 0 radical (unpaired) electrons. The third-order valence-electron chi connectivity index (χ3n) is 5.65. The number of piperidine rings is 1. The van der Waals surface area contributed by atoms with Gasteiger partial charge in [-0.15, -0.1) is 0 Å². The van der Waals surface area contributed by atoms with Gasteiger partial charge in [-0.25, -0.2) is 0 Å². The maximum Gasteiger partial charge on any atom is 0.256 e. The summed E-state index contributed by atoms with van der Waals surface area (Å²) in [7, 11) is 1.50. The van der Waals surface area contributed by atoms with Crippen molar-refractivity contribution in [2.24, 2.45) is 5.41 Å². The lowest BCUT2D eigenvalue weighted by atomic mass is 9.90. The second-order valence-electron chi connectivity index (χ2n) is 9.12. The van der Waals surface area contributed by atoms with Gasteiger partial charge in [0.25, 0.3) is 5.91 Å². The highest BCUT2D eigenvalue weighted by molar-refractivity contribution is 5.97. The van der Waals surface area contributed by atoms with Crippen molar-refractivity contribution in [1.82, 2.24) is 9.80 Å². The first kappa shape index (κ1) is 22.1. The molecule has 1 aromatic rings. The fourth-order valence-corrected chi connectivity index (χ4v) is 4.11. The summed E-state index contributed by atoms with van der Waals surface area (Å²) < 4.78 is 11.1. The minimum Gasteiger partial charge on any atom is -0.548 e. The van der Waals surface area contributed by atoms with Gasteiger partial charge in [-0.05, 0) is 23.6 Å². The summed E-state index contributed by atoms with van der Waals surface area (Å²) in [6.45, 7) is 6.70. The van der Waals surface area contributed by atoms with Crippen LogP contribution in [0, 0.1) is 5.41 Å². The van der Waals surface area contributed by atoms with E-state index in [2.05, 4.69) is 0 Å². The molecular weight excluding hydrogens is 388 g/mol. The molecule has 2 fully saturated rings. The lowest BCUT2D eigenvalue weighted by molar-refractivity contribution is -0.310. The maximum absolute atomic E-state index is 13.3. The minimum absolute atomic E-state index is 0.0532. The fraction of sp³-hybridized carbons (Fsp3) is 0.591. The summed E-state index contributed by atoms with van der Waals surface area (Å²) in [5, 5.41) is 11.8. The quantitative estimate of drug-likeness (QED) is 0.726. The monoisotopic (exact) mass is 417 g/mol. The molecule has 2 amide bonds. The molecule has 2 heterocycles. The number of methoxy groups -OCH3 is 1. The van der Waals surface area contributed by atoms with Crippen LogP contribution in [0.25, 0.3) is 0 Å². The van der Waals surface area contributed by atoms with Crippen molar-refractivity contribution in [2.45, 2.75) is 51.8 Å². The van der Waals surface area contributed by atoms with Crippen molar-refractivity contribution in [3.63, 3.8) is 0 Å². The maximum atomic E-state index is 13.3. The highest BCUT2D eigenvalue weighted by Crippen LogP contribution is 2.39. The van der Waals surface area contributed by atoms with E-state index in [0.29, 0.717) is 43.7 Å². The summed E-state index contributed by atoms with van der Waals surface area (Å²) >= 11 is 0. The molecule has 30 heavy (non-hydrogen) atoms. The van der Waals surface area contributed by atoms with Crippen molar-refractivity contribution in [3.8, 4) is 5.75 Å². The Morgan fingerprint density at radius 3 is 2.47 bits per heavy atom. The Hall–Kier alpha value is -2.61. The molecule has 1 spiro atoms. The second kappa shape index (κ2) is 8.26. The van der Waals surface area contributed by atoms with Gasteiger partial charge in [0.05, 0.1) is 25.7 Å². The molecule has 1 aromatic carbocycles. The average Bonchev–Trinajstić information content (AvgIpc) is 3.05. The number of carbonyl (C=O) groups excluding carboxylic acids is 3. The molecule has 0 bridgehead atoms. The van der Waals surface area contributed by atoms with Gasteiger partial charge in [0.2, 0.25) is 5.91 Å². The topological polar surface area (TPSA) is 99.2 Å². The van der Waals surface area contributed by atoms with Crippen LogP contribution in [0.4, 0.5) is 0 Å². The van der Waals surface area contributed by atoms with Crippen LogP contribution in [-0.4, -0.2) is 66.2 Å². The number of benzene rings is 1. The van der Waals surface area contributed by atoms with Crippen LogP contribution in [0.3, 0.4) is 0 Å². The molecule has 8 nitrogen and oxygen atoms in total. The first-order valence-corrected chi connectivity index (χ1v) is 10.2. The lowest BCUT2D eigenvalue weighted by Crippen LogP contribution is -2.60. The highest BCUT2D eigenvalue weighted by Gasteiger charge is 2.52. The third-order valence-corrected chi connectivity index (χ3v) is 5.65. The molecule has 0 N–H and O–H groups in total. The van der Waals surface area contributed by atoms with Crippen molar-refractivity contribution in [2.75, 3.05) is 26.8 Å².